The van der Waals surface area contributed by atoms with Crippen molar-refractivity contribution in [1.82, 2.24) is 0 Å². The molecule has 4 heteroatoms. The van der Waals surface area contributed by atoms with E-state index in [4.69, 9.17) is 9.47 Å². The highest BCUT2D eigenvalue weighted by Crippen LogP contribution is 2.25. The van der Waals surface area contributed by atoms with Gasteiger partial charge < -0.3 is 14.8 Å². The van der Waals surface area contributed by atoms with Gasteiger partial charge in [0.1, 0.15) is 5.75 Å². The van der Waals surface area contributed by atoms with Gasteiger partial charge in [0.15, 0.2) is 0 Å². The molecule has 1 fully saturated rings. The van der Waals surface area contributed by atoms with Crippen molar-refractivity contribution in [2.45, 2.75) is 19.3 Å². The highest BCUT2D eigenvalue weighted by atomic mass is 16.5. The van der Waals surface area contributed by atoms with Crippen LogP contribution in [-0.2, 0) is 16.0 Å². The summed E-state index contributed by atoms with van der Waals surface area (Å²) in [6, 6.07) is 18.0. The van der Waals surface area contributed by atoms with Crippen molar-refractivity contribution in [3.63, 3.8) is 0 Å². The first-order valence-corrected chi connectivity index (χ1v) is 8.47. The number of aryl methyl sites for hydroxylation is 1. The monoisotopic (exact) mass is 325 g/mol. The minimum Gasteiger partial charge on any atom is -0.491 e. The van der Waals surface area contributed by atoms with Gasteiger partial charge in [0.2, 0.25) is 5.91 Å². The predicted octanol–water partition coefficient (Wildman–Crippen LogP) is 3.67. The quantitative estimate of drug-likeness (QED) is 0.790. The summed E-state index contributed by atoms with van der Waals surface area (Å²) in [5.74, 6) is 0.668. The molecule has 4 nitrogen and oxygen atoms in total. The van der Waals surface area contributed by atoms with E-state index < -0.39 is 0 Å². The van der Waals surface area contributed by atoms with Gasteiger partial charge in [0, 0.05) is 6.61 Å². The topological polar surface area (TPSA) is 47.6 Å². The van der Waals surface area contributed by atoms with Crippen LogP contribution in [0.4, 0.5) is 5.69 Å². The molecule has 0 saturated carbocycles. The molecule has 0 radical (unpaired) electrons. The Bertz CT molecular complexity index is 651. The van der Waals surface area contributed by atoms with Gasteiger partial charge in [-0.25, -0.2) is 0 Å². The van der Waals surface area contributed by atoms with E-state index in [1.807, 2.05) is 42.5 Å². The van der Waals surface area contributed by atoms with Crippen LogP contribution < -0.4 is 10.1 Å². The molecule has 24 heavy (non-hydrogen) atoms. The van der Waals surface area contributed by atoms with Gasteiger partial charge in [-0.05, 0) is 37.0 Å². The van der Waals surface area contributed by atoms with Crippen LogP contribution in [0.15, 0.2) is 54.6 Å². The number of carbonyl (C=O) groups excluding carboxylic acids is 1. The van der Waals surface area contributed by atoms with Crippen LogP contribution >= 0.6 is 0 Å². The zero-order chi connectivity index (χ0) is 16.6. The molecule has 0 bridgehead atoms. The van der Waals surface area contributed by atoms with E-state index in [1.165, 1.54) is 5.56 Å². The first kappa shape index (κ1) is 16.5. The number of anilines is 1. The molecular weight excluding hydrogens is 302 g/mol. The normalized spacial score (nSPS) is 16.8. The Morgan fingerprint density at radius 3 is 2.71 bits per heavy atom. The summed E-state index contributed by atoms with van der Waals surface area (Å²) in [7, 11) is 0. The van der Waals surface area contributed by atoms with Gasteiger partial charge in [-0.1, -0.05) is 42.5 Å². The van der Waals surface area contributed by atoms with E-state index in [0.29, 0.717) is 19.8 Å². The number of para-hydroxylation sites is 2. The first-order chi connectivity index (χ1) is 11.8. The van der Waals surface area contributed by atoms with Gasteiger partial charge in [-0.2, -0.15) is 0 Å². The average Bonchev–Trinajstić information content (AvgIpc) is 3.16. The van der Waals surface area contributed by atoms with Crippen molar-refractivity contribution < 1.29 is 14.3 Å². The molecular formula is C20H23NO3. The number of benzene rings is 2. The molecule has 3 rings (SSSR count). The highest BCUT2D eigenvalue weighted by Gasteiger charge is 2.24. The molecule has 1 aliphatic rings. The smallest absolute Gasteiger partial charge is 0.230 e. The molecule has 1 atom stereocenters. The van der Waals surface area contributed by atoms with Crippen LogP contribution in [0.2, 0.25) is 0 Å². The Morgan fingerprint density at radius 2 is 1.92 bits per heavy atom. The van der Waals surface area contributed by atoms with Crippen LogP contribution in [0.1, 0.15) is 18.4 Å². The number of rotatable bonds is 7. The van der Waals surface area contributed by atoms with Crippen LogP contribution in [0.3, 0.4) is 0 Å². The molecule has 0 unspecified atom stereocenters. The van der Waals surface area contributed by atoms with E-state index in [-0.39, 0.29) is 11.8 Å². The molecule has 0 spiro atoms. The molecule has 126 valence electrons. The fourth-order valence-electron chi connectivity index (χ4n) is 2.77. The van der Waals surface area contributed by atoms with Gasteiger partial charge in [0.05, 0.1) is 24.8 Å². The second kappa shape index (κ2) is 8.50. The van der Waals surface area contributed by atoms with Gasteiger partial charge in [0.25, 0.3) is 0 Å². The number of hydrogen-bond donors (Lipinski definition) is 1. The molecule has 1 amide bonds. The maximum atomic E-state index is 12.2. The fraction of sp³-hybridized carbons (Fsp3) is 0.350. The summed E-state index contributed by atoms with van der Waals surface area (Å²) in [5, 5.41) is 2.97. The largest absolute Gasteiger partial charge is 0.491 e. The summed E-state index contributed by atoms with van der Waals surface area (Å²) in [4.78, 5) is 12.2. The Balaban J connectivity index is 1.51. The van der Waals surface area contributed by atoms with Crippen molar-refractivity contribution in [3.8, 4) is 5.75 Å². The van der Waals surface area contributed by atoms with Crippen molar-refractivity contribution in [2.24, 2.45) is 5.92 Å². The number of nitrogens with one attached hydrogen (secondary N) is 1. The molecule has 1 saturated heterocycles. The first-order valence-electron chi connectivity index (χ1n) is 8.47. The summed E-state index contributed by atoms with van der Waals surface area (Å²) < 4.78 is 11.2. The fourth-order valence-corrected chi connectivity index (χ4v) is 2.77. The minimum absolute atomic E-state index is 0.00726. The molecule has 0 aromatic heterocycles. The Kier molecular flexibility index (Phi) is 5.85. The molecule has 2 aromatic carbocycles. The summed E-state index contributed by atoms with van der Waals surface area (Å²) in [6.07, 6.45) is 2.70. The van der Waals surface area contributed by atoms with E-state index in [0.717, 1.165) is 30.7 Å². The zero-order valence-electron chi connectivity index (χ0n) is 13.7. The average molecular weight is 325 g/mol. The second-order valence-electron chi connectivity index (χ2n) is 5.98. The van der Waals surface area contributed by atoms with Gasteiger partial charge >= 0.3 is 0 Å². The van der Waals surface area contributed by atoms with Crippen LogP contribution in [0.25, 0.3) is 0 Å². The number of amides is 1. The van der Waals surface area contributed by atoms with Crippen molar-refractivity contribution in [1.29, 1.82) is 0 Å². The molecule has 2 aromatic rings. The molecule has 1 aliphatic heterocycles. The lowest BCUT2D eigenvalue weighted by Crippen LogP contribution is -2.23. The third-order valence-electron chi connectivity index (χ3n) is 4.16. The molecule has 1 heterocycles. The summed E-state index contributed by atoms with van der Waals surface area (Å²) >= 11 is 0. The Hall–Kier alpha value is -2.33. The lowest BCUT2D eigenvalue weighted by Gasteiger charge is -2.14. The van der Waals surface area contributed by atoms with Crippen LogP contribution in [0, 0.1) is 5.92 Å². The van der Waals surface area contributed by atoms with Gasteiger partial charge in [-0.15, -0.1) is 0 Å². The van der Waals surface area contributed by atoms with Crippen molar-refractivity contribution >= 4 is 11.6 Å². The van der Waals surface area contributed by atoms with Crippen LogP contribution in [-0.4, -0.2) is 25.7 Å². The zero-order valence-corrected chi connectivity index (χ0v) is 13.7. The van der Waals surface area contributed by atoms with Crippen molar-refractivity contribution in [2.75, 3.05) is 25.1 Å². The van der Waals surface area contributed by atoms with Crippen molar-refractivity contribution in [3.05, 3.63) is 60.2 Å². The summed E-state index contributed by atoms with van der Waals surface area (Å²) in [5.41, 5.74) is 2.04. The third kappa shape index (κ3) is 4.59. The van der Waals surface area contributed by atoms with E-state index in [9.17, 15) is 4.79 Å². The maximum Gasteiger partial charge on any atom is 0.230 e. The lowest BCUT2D eigenvalue weighted by atomic mass is 10.1. The number of hydrogen-bond acceptors (Lipinski definition) is 3. The Labute approximate surface area is 142 Å². The third-order valence-corrected chi connectivity index (χ3v) is 4.16. The summed E-state index contributed by atoms with van der Waals surface area (Å²) in [6.45, 7) is 1.79. The lowest BCUT2D eigenvalue weighted by molar-refractivity contribution is -0.119. The molecule has 1 N–H and O–H groups in total. The molecule has 0 aliphatic carbocycles. The maximum absolute atomic E-state index is 12.2. The van der Waals surface area contributed by atoms with E-state index in [1.54, 1.807) is 0 Å². The van der Waals surface area contributed by atoms with Gasteiger partial charge in [-0.3, -0.25) is 4.79 Å². The standard InChI is InChI=1S/C20H23NO3/c22-20(17-12-14-23-15-17)21-18-10-4-5-11-19(18)24-13-6-9-16-7-2-1-3-8-16/h1-5,7-8,10-11,17H,6,9,12-15H2,(H,21,22)/t17-/m1/s1. The SMILES string of the molecule is O=C(Nc1ccccc1OCCCc1ccccc1)[C@@H]1CCOC1. The van der Waals surface area contributed by atoms with E-state index in [2.05, 4.69) is 17.4 Å². The predicted molar refractivity (Wildman–Crippen MR) is 94.3 cm³/mol. The van der Waals surface area contributed by atoms with Crippen LogP contribution in [0.5, 0.6) is 5.75 Å². The number of carbonyl (C=O) groups is 1. The Morgan fingerprint density at radius 1 is 1.12 bits per heavy atom. The number of ether oxygens (including phenoxy) is 2. The van der Waals surface area contributed by atoms with E-state index >= 15 is 0 Å². The second-order valence-corrected chi connectivity index (χ2v) is 5.98. The minimum atomic E-state index is -0.0591. The highest BCUT2D eigenvalue weighted by molar-refractivity contribution is 5.94.